The molecule has 0 atom stereocenters. The molecule has 0 aliphatic rings. The number of methoxy groups -OCH3 is 1. The summed E-state index contributed by atoms with van der Waals surface area (Å²) in [5, 5.41) is 4.25. The predicted octanol–water partition coefficient (Wildman–Crippen LogP) is 4.47. The van der Waals surface area contributed by atoms with Gasteiger partial charge in [-0.15, -0.1) is 0 Å². The third-order valence-corrected chi connectivity index (χ3v) is 3.96. The number of furan rings is 1. The lowest BCUT2D eigenvalue weighted by atomic mass is 10.1. The molecule has 0 bridgehead atoms. The molecule has 128 valence electrons. The number of rotatable bonds is 6. The first-order chi connectivity index (χ1) is 12.2. The number of amides is 1. The minimum atomic E-state index is -0.165. The maximum Gasteiger partial charge on any atom is 0.244 e. The molecule has 5 heteroatoms. The minimum Gasteiger partial charge on any atom is -0.493 e. The van der Waals surface area contributed by atoms with Gasteiger partial charge in [-0.3, -0.25) is 4.79 Å². The van der Waals surface area contributed by atoms with E-state index in [1.54, 1.807) is 25.3 Å². The van der Waals surface area contributed by atoms with E-state index < -0.39 is 0 Å². The zero-order valence-electron chi connectivity index (χ0n) is 13.8. The Morgan fingerprint density at radius 3 is 2.80 bits per heavy atom. The van der Waals surface area contributed by atoms with E-state index in [1.807, 2.05) is 36.4 Å². The van der Waals surface area contributed by atoms with Gasteiger partial charge in [0, 0.05) is 29.1 Å². The fourth-order valence-corrected chi connectivity index (χ4v) is 2.75. The fraction of sp³-hybridized carbons (Fsp3) is 0.150. The van der Waals surface area contributed by atoms with Crippen LogP contribution in [-0.2, 0) is 11.2 Å². The van der Waals surface area contributed by atoms with Crippen molar-refractivity contribution in [2.75, 3.05) is 13.7 Å². The molecule has 3 aromatic rings. The van der Waals surface area contributed by atoms with Crippen molar-refractivity contribution >= 4 is 34.6 Å². The van der Waals surface area contributed by atoms with E-state index >= 15 is 0 Å². The molecule has 0 unspecified atom stereocenters. The lowest BCUT2D eigenvalue weighted by molar-refractivity contribution is -0.116. The van der Waals surface area contributed by atoms with Gasteiger partial charge in [-0.1, -0.05) is 41.9 Å². The summed E-state index contributed by atoms with van der Waals surface area (Å²) in [5.74, 6) is 0.963. The number of carbonyl (C=O) groups excluding carboxylic acids is 1. The zero-order chi connectivity index (χ0) is 17.6. The highest BCUT2D eigenvalue weighted by Gasteiger charge is 2.09. The first-order valence-corrected chi connectivity index (χ1v) is 8.30. The summed E-state index contributed by atoms with van der Waals surface area (Å²) in [4.78, 5) is 11.9. The number of ether oxygens (including phenoxy) is 1. The Morgan fingerprint density at radius 2 is 2.04 bits per heavy atom. The van der Waals surface area contributed by atoms with Crippen LogP contribution in [0.3, 0.4) is 0 Å². The summed E-state index contributed by atoms with van der Waals surface area (Å²) in [6.07, 6.45) is 3.88. The van der Waals surface area contributed by atoms with Gasteiger partial charge in [0.15, 0.2) is 11.3 Å². The van der Waals surface area contributed by atoms with Crippen molar-refractivity contribution in [3.05, 3.63) is 71.0 Å². The van der Waals surface area contributed by atoms with Crippen LogP contribution in [-0.4, -0.2) is 19.6 Å². The molecule has 4 nitrogen and oxygen atoms in total. The highest BCUT2D eigenvalue weighted by Crippen LogP contribution is 2.32. The molecule has 0 spiro atoms. The Hall–Kier alpha value is -2.72. The molecule has 0 aliphatic heterocycles. The summed E-state index contributed by atoms with van der Waals surface area (Å²) in [6.45, 7) is 0.580. The molecular formula is C20H18ClNO3. The normalized spacial score (nSPS) is 11.1. The molecular weight excluding hydrogens is 338 g/mol. The van der Waals surface area contributed by atoms with E-state index in [4.69, 9.17) is 20.8 Å². The van der Waals surface area contributed by atoms with Crippen molar-refractivity contribution < 1.29 is 13.9 Å². The van der Waals surface area contributed by atoms with E-state index in [0.717, 1.165) is 11.8 Å². The Kier molecular flexibility index (Phi) is 5.41. The molecule has 3 rings (SSSR count). The molecule has 0 aliphatic carbocycles. The van der Waals surface area contributed by atoms with E-state index in [0.29, 0.717) is 28.7 Å². The maximum atomic E-state index is 11.9. The Bertz CT molecular complexity index is 900. The van der Waals surface area contributed by atoms with Crippen molar-refractivity contribution in [1.82, 2.24) is 5.32 Å². The summed E-state index contributed by atoms with van der Waals surface area (Å²) in [7, 11) is 1.56. The number of benzene rings is 2. The molecule has 1 heterocycles. The van der Waals surface area contributed by atoms with Gasteiger partial charge in [-0.25, -0.2) is 0 Å². The minimum absolute atomic E-state index is 0.165. The lowest BCUT2D eigenvalue weighted by Gasteiger charge is -2.02. The second-order valence-corrected chi connectivity index (χ2v) is 5.97. The zero-order valence-corrected chi connectivity index (χ0v) is 14.5. The molecule has 0 fully saturated rings. The van der Waals surface area contributed by atoms with Crippen LogP contribution in [0.5, 0.6) is 5.75 Å². The van der Waals surface area contributed by atoms with Gasteiger partial charge in [0.05, 0.1) is 7.11 Å². The average Bonchev–Trinajstić information content (AvgIpc) is 3.03. The number of hydrogen-bond donors (Lipinski definition) is 1. The van der Waals surface area contributed by atoms with Gasteiger partial charge < -0.3 is 14.5 Å². The van der Waals surface area contributed by atoms with E-state index in [-0.39, 0.29) is 5.91 Å². The Labute approximate surface area is 151 Å². The first kappa shape index (κ1) is 17.1. The van der Waals surface area contributed by atoms with Gasteiger partial charge in [-0.05, 0) is 30.2 Å². The van der Waals surface area contributed by atoms with E-state index in [1.165, 1.54) is 11.6 Å². The average molecular weight is 356 g/mol. The van der Waals surface area contributed by atoms with Crippen LogP contribution in [0.15, 0.2) is 59.0 Å². The van der Waals surface area contributed by atoms with E-state index in [9.17, 15) is 4.79 Å². The third kappa shape index (κ3) is 4.43. The largest absolute Gasteiger partial charge is 0.493 e. The van der Waals surface area contributed by atoms with E-state index in [2.05, 4.69) is 5.32 Å². The summed E-state index contributed by atoms with van der Waals surface area (Å²) < 4.78 is 11.0. The lowest BCUT2D eigenvalue weighted by Crippen LogP contribution is -2.23. The Balaban J connectivity index is 1.61. The highest BCUT2D eigenvalue weighted by atomic mass is 35.5. The van der Waals surface area contributed by atoms with Crippen molar-refractivity contribution in [2.24, 2.45) is 0 Å². The highest BCUT2D eigenvalue weighted by molar-refractivity contribution is 6.31. The smallest absolute Gasteiger partial charge is 0.244 e. The van der Waals surface area contributed by atoms with Crippen molar-refractivity contribution in [1.29, 1.82) is 0 Å². The van der Waals surface area contributed by atoms with Crippen molar-refractivity contribution in [3.63, 3.8) is 0 Å². The first-order valence-electron chi connectivity index (χ1n) is 7.92. The van der Waals surface area contributed by atoms with Crippen molar-refractivity contribution in [2.45, 2.75) is 6.42 Å². The predicted molar refractivity (Wildman–Crippen MR) is 100.0 cm³/mol. The standard InChI is InChI=1S/C20H18ClNO3/c1-24-18-13-16(21)11-15-12-17(25-20(15)18)7-8-19(23)22-10-9-14-5-3-2-4-6-14/h2-8,11-13H,9-10H2,1H3,(H,22,23). The van der Waals surface area contributed by atoms with Crippen LogP contribution in [0.1, 0.15) is 11.3 Å². The van der Waals surface area contributed by atoms with Crippen molar-refractivity contribution in [3.8, 4) is 5.75 Å². The molecule has 0 saturated heterocycles. The maximum absolute atomic E-state index is 11.9. The molecule has 1 amide bonds. The molecule has 2 aromatic carbocycles. The third-order valence-electron chi connectivity index (χ3n) is 3.74. The quantitative estimate of drug-likeness (QED) is 0.664. The number of carbonyl (C=O) groups is 1. The molecule has 0 saturated carbocycles. The van der Waals surface area contributed by atoms with Gasteiger partial charge >= 0.3 is 0 Å². The molecule has 1 aromatic heterocycles. The van der Waals surface area contributed by atoms with Crippen LogP contribution in [0.4, 0.5) is 0 Å². The number of halogens is 1. The SMILES string of the molecule is COc1cc(Cl)cc2cc(C=CC(=O)NCCc3ccccc3)oc12. The monoisotopic (exact) mass is 355 g/mol. The van der Waals surface area contributed by atoms with Gasteiger partial charge in [0.25, 0.3) is 0 Å². The van der Waals surface area contributed by atoms with Crippen LogP contribution in [0.25, 0.3) is 17.0 Å². The van der Waals surface area contributed by atoms with Crippen LogP contribution >= 0.6 is 11.6 Å². The summed E-state index contributed by atoms with van der Waals surface area (Å²) >= 11 is 6.04. The van der Waals surface area contributed by atoms with Gasteiger partial charge in [0.2, 0.25) is 5.91 Å². The van der Waals surface area contributed by atoms with Gasteiger partial charge in [-0.2, -0.15) is 0 Å². The fourth-order valence-electron chi connectivity index (χ4n) is 2.53. The number of nitrogens with one attached hydrogen (secondary N) is 1. The van der Waals surface area contributed by atoms with Gasteiger partial charge in [0.1, 0.15) is 5.76 Å². The molecule has 1 N–H and O–H groups in total. The molecule has 25 heavy (non-hydrogen) atoms. The number of hydrogen-bond acceptors (Lipinski definition) is 3. The number of fused-ring (bicyclic) bond motifs is 1. The second kappa shape index (κ2) is 7.90. The Morgan fingerprint density at radius 1 is 1.24 bits per heavy atom. The second-order valence-electron chi connectivity index (χ2n) is 5.54. The van der Waals surface area contributed by atoms with Crippen LogP contribution < -0.4 is 10.1 Å². The topological polar surface area (TPSA) is 51.5 Å². The van der Waals surface area contributed by atoms with Crippen LogP contribution in [0, 0.1) is 0 Å². The summed E-state index contributed by atoms with van der Waals surface area (Å²) in [5.41, 5.74) is 1.80. The summed E-state index contributed by atoms with van der Waals surface area (Å²) in [6, 6.07) is 15.3. The molecule has 0 radical (unpaired) electrons. The van der Waals surface area contributed by atoms with Crippen LogP contribution in [0.2, 0.25) is 5.02 Å².